The summed E-state index contributed by atoms with van der Waals surface area (Å²) in [7, 11) is 0. The van der Waals surface area contributed by atoms with Crippen molar-refractivity contribution in [3.05, 3.63) is 65.5 Å². The highest BCUT2D eigenvalue weighted by Crippen LogP contribution is 2.33. The van der Waals surface area contributed by atoms with E-state index < -0.39 is 24.0 Å². The summed E-state index contributed by atoms with van der Waals surface area (Å²) in [6.45, 7) is 0. The Bertz CT molecular complexity index is 578. The van der Waals surface area contributed by atoms with Gasteiger partial charge in [0.1, 0.15) is 17.7 Å². The zero-order chi connectivity index (χ0) is 14.8. The number of aliphatic hydroxyl groups is 1. The van der Waals surface area contributed by atoms with Gasteiger partial charge in [-0.05, 0) is 23.8 Å². The lowest BCUT2D eigenvalue weighted by atomic mass is 10.0. The van der Waals surface area contributed by atoms with E-state index in [0.717, 1.165) is 18.2 Å². The minimum Gasteiger partial charge on any atom is -0.405 e. The van der Waals surface area contributed by atoms with E-state index in [1.165, 1.54) is 30.3 Å². The monoisotopic (exact) mass is 286 g/mol. The van der Waals surface area contributed by atoms with Crippen LogP contribution in [0, 0.1) is 5.82 Å². The first-order valence-corrected chi connectivity index (χ1v) is 5.65. The summed E-state index contributed by atoms with van der Waals surface area (Å²) in [4.78, 5) is 0. The van der Waals surface area contributed by atoms with Gasteiger partial charge in [0.15, 0.2) is 0 Å². The molecule has 1 N–H and O–H groups in total. The summed E-state index contributed by atoms with van der Waals surface area (Å²) in [6, 6.07) is 10.1. The van der Waals surface area contributed by atoms with Crippen LogP contribution in [-0.4, -0.2) is 11.5 Å². The van der Waals surface area contributed by atoms with Crippen LogP contribution in [0.1, 0.15) is 17.2 Å². The summed E-state index contributed by atoms with van der Waals surface area (Å²) < 4.78 is 53.5. The maximum Gasteiger partial charge on any atom is 0.573 e. The van der Waals surface area contributed by atoms with Crippen LogP contribution >= 0.6 is 0 Å². The van der Waals surface area contributed by atoms with E-state index in [-0.39, 0.29) is 11.1 Å². The highest BCUT2D eigenvalue weighted by molar-refractivity contribution is 5.40. The van der Waals surface area contributed by atoms with E-state index in [9.17, 15) is 22.7 Å². The molecule has 0 radical (unpaired) electrons. The topological polar surface area (TPSA) is 29.5 Å². The molecule has 0 aliphatic heterocycles. The summed E-state index contributed by atoms with van der Waals surface area (Å²) in [6.07, 6.45) is -6.19. The smallest absolute Gasteiger partial charge is 0.405 e. The van der Waals surface area contributed by atoms with Crippen molar-refractivity contribution in [3.8, 4) is 5.75 Å². The van der Waals surface area contributed by atoms with Crippen LogP contribution in [0.5, 0.6) is 5.75 Å². The number of hydrogen-bond donors (Lipinski definition) is 1. The van der Waals surface area contributed by atoms with E-state index >= 15 is 0 Å². The Hall–Kier alpha value is -2.08. The molecule has 0 saturated carbocycles. The average Bonchev–Trinajstić information content (AvgIpc) is 2.37. The molecular formula is C14H10F4O2. The van der Waals surface area contributed by atoms with Crippen LogP contribution in [-0.2, 0) is 0 Å². The fourth-order valence-electron chi connectivity index (χ4n) is 1.75. The van der Waals surface area contributed by atoms with E-state index in [2.05, 4.69) is 4.74 Å². The molecule has 0 heterocycles. The highest BCUT2D eigenvalue weighted by Gasteiger charge is 2.32. The predicted octanol–water partition coefficient (Wildman–Crippen LogP) is 3.81. The zero-order valence-corrected chi connectivity index (χ0v) is 10.1. The van der Waals surface area contributed by atoms with Crippen LogP contribution in [0.25, 0.3) is 0 Å². The number of aliphatic hydroxyl groups excluding tert-OH is 1. The second-order valence-corrected chi connectivity index (χ2v) is 4.04. The van der Waals surface area contributed by atoms with E-state index in [0.29, 0.717) is 0 Å². The molecule has 2 nitrogen and oxygen atoms in total. The number of halogens is 4. The standard InChI is InChI=1S/C14H10F4O2/c15-10-7-5-9(6-8-10)13(19)11-3-1-2-4-12(11)20-14(16,17)18/h1-8,13,19H. The maximum absolute atomic E-state index is 12.8. The van der Waals surface area contributed by atoms with Gasteiger partial charge in [0.2, 0.25) is 0 Å². The molecule has 1 atom stereocenters. The van der Waals surface area contributed by atoms with Crippen molar-refractivity contribution in [2.45, 2.75) is 12.5 Å². The third-order valence-electron chi connectivity index (χ3n) is 2.63. The van der Waals surface area contributed by atoms with Gasteiger partial charge in [-0.15, -0.1) is 13.2 Å². The Balaban J connectivity index is 2.34. The Labute approximate surface area is 112 Å². The molecule has 2 aromatic carbocycles. The van der Waals surface area contributed by atoms with Gasteiger partial charge in [0, 0.05) is 5.56 Å². The van der Waals surface area contributed by atoms with Gasteiger partial charge in [0.05, 0.1) is 0 Å². The minimum atomic E-state index is -4.85. The number of alkyl halides is 3. The minimum absolute atomic E-state index is 0.0450. The molecule has 2 rings (SSSR count). The summed E-state index contributed by atoms with van der Waals surface area (Å²) in [5, 5.41) is 10.1. The van der Waals surface area contributed by atoms with Gasteiger partial charge in [-0.2, -0.15) is 0 Å². The van der Waals surface area contributed by atoms with Gasteiger partial charge in [0.25, 0.3) is 0 Å². The molecule has 2 aromatic rings. The Morgan fingerprint density at radius 1 is 0.950 bits per heavy atom. The second-order valence-electron chi connectivity index (χ2n) is 4.04. The van der Waals surface area contributed by atoms with Crippen LogP contribution in [0.4, 0.5) is 17.6 Å². The quantitative estimate of drug-likeness (QED) is 0.869. The van der Waals surface area contributed by atoms with Crippen LogP contribution in [0.15, 0.2) is 48.5 Å². The van der Waals surface area contributed by atoms with Gasteiger partial charge in [-0.1, -0.05) is 30.3 Å². The lowest BCUT2D eigenvalue weighted by molar-refractivity contribution is -0.275. The highest BCUT2D eigenvalue weighted by atomic mass is 19.4. The molecule has 0 aliphatic rings. The van der Waals surface area contributed by atoms with Gasteiger partial charge < -0.3 is 9.84 Å². The first kappa shape index (κ1) is 14.3. The maximum atomic E-state index is 12.8. The van der Waals surface area contributed by atoms with E-state index in [1.807, 2.05) is 0 Å². The third-order valence-corrected chi connectivity index (χ3v) is 2.63. The molecular weight excluding hydrogens is 276 g/mol. The molecule has 0 fully saturated rings. The number of rotatable bonds is 3. The van der Waals surface area contributed by atoms with E-state index in [4.69, 9.17) is 0 Å². The summed E-state index contributed by atoms with van der Waals surface area (Å²) in [5.41, 5.74) is 0.223. The summed E-state index contributed by atoms with van der Waals surface area (Å²) >= 11 is 0. The van der Waals surface area contributed by atoms with Crippen molar-refractivity contribution in [3.63, 3.8) is 0 Å². The fraction of sp³-hybridized carbons (Fsp3) is 0.143. The molecule has 20 heavy (non-hydrogen) atoms. The molecule has 1 unspecified atom stereocenters. The molecule has 0 aliphatic carbocycles. The lowest BCUT2D eigenvalue weighted by Gasteiger charge is -2.17. The summed E-state index contributed by atoms with van der Waals surface area (Å²) in [5.74, 6) is -0.988. The van der Waals surface area contributed by atoms with Crippen molar-refractivity contribution < 1.29 is 27.4 Å². The second kappa shape index (κ2) is 5.50. The first-order chi connectivity index (χ1) is 9.37. The number of ether oxygens (including phenoxy) is 1. The molecule has 0 saturated heterocycles. The van der Waals surface area contributed by atoms with Crippen molar-refractivity contribution in [2.24, 2.45) is 0 Å². The number of para-hydroxylation sites is 1. The fourth-order valence-corrected chi connectivity index (χ4v) is 1.75. The van der Waals surface area contributed by atoms with Crippen molar-refractivity contribution in [2.75, 3.05) is 0 Å². The number of hydrogen-bond acceptors (Lipinski definition) is 2. The third kappa shape index (κ3) is 3.48. The van der Waals surface area contributed by atoms with Crippen LogP contribution < -0.4 is 4.74 Å². The normalized spacial score (nSPS) is 13.1. The zero-order valence-electron chi connectivity index (χ0n) is 10.1. The van der Waals surface area contributed by atoms with Crippen molar-refractivity contribution in [1.29, 1.82) is 0 Å². The SMILES string of the molecule is OC(c1ccc(F)cc1)c1ccccc1OC(F)(F)F. The molecule has 6 heteroatoms. The van der Waals surface area contributed by atoms with Crippen LogP contribution in [0.3, 0.4) is 0 Å². The number of benzene rings is 2. The molecule has 0 spiro atoms. The Morgan fingerprint density at radius 2 is 1.55 bits per heavy atom. The molecule has 0 bridgehead atoms. The first-order valence-electron chi connectivity index (χ1n) is 5.65. The molecule has 106 valence electrons. The predicted molar refractivity (Wildman–Crippen MR) is 63.6 cm³/mol. The Morgan fingerprint density at radius 3 is 2.15 bits per heavy atom. The lowest BCUT2D eigenvalue weighted by Crippen LogP contribution is -2.18. The Kier molecular flexibility index (Phi) is 3.94. The van der Waals surface area contributed by atoms with Gasteiger partial charge in [-0.25, -0.2) is 4.39 Å². The van der Waals surface area contributed by atoms with Crippen molar-refractivity contribution in [1.82, 2.24) is 0 Å². The molecule has 0 aromatic heterocycles. The van der Waals surface area contributed by atoms with Crippen molar-refractivity contribution >= 4 is 0 Å². The van der Waals surface area contributed by atoms with Crippen LogP contribution in [0.2, 0.25) is 0 Å². The molecule has 0 amide bonds. The van der Waals surface area contributed by atoms with E-state index in [1.54, 1.807) is 0 Å². The largest absolute Gasteiger partial charge is 0.573 e. The van der Waals surface area contributed by atoms with Gasteiger partial charge >= 0.3 is 6.36 Å². The average molecular weight is 286 g/mol. The van der Waals surface area contributed by atoms with Gasteiger partial charge in [-0.3, -0.25) is 0 Å².